The second kappa shape index (κ2) is 5.14. The van der Waals surface area contributed by atoms with Crippen LogP contribution in [-0.2, 0) is 0 Å². The highest BCUT2D eigenvalue weighted by molar-refractivity contribution is 9.10. The highest BCUT2D eigenvalue weighted by Gasteiger charge is 2.10. The summed E-state index contributed by atoms with van der Waals surface area (Å²) in [5.41, 5.74) is 7.20. The summed E-state index contributed by atoms with van der Waals surface area (Å²) in [7, 11) is 0. The van der Waals surface area contributed by atoms with Crippen LogP contribution in [0.4, 0.5) is 11.5 Å². The van der Waals surface area contributed by atoms with E-state index in [1.54, 1.807) is 12.1 Å². The number of nitrogens with two attached hydrogens (primary N) is 1. The maximum absolute atomic E-state index is 12.0. The van der Waals surface area contributed by atoms with Crippen molar-refractivity contribution in [2.45, 2.75) is 6.92 Å². The quantitative estimate of drug-likeness (QED) is 0.892. The Bertz CT molecular complexity index is 600. The molecule has 0 unspecified atom stereocenters. The maximum Gasteiger partial charge on any atom is 0.259 e. The van der Waals surface area contributed by atoms with Crippen molar-refractivity contribution in [1.82, 2.24) is 9.97 Å². The predicted octanol–water partition coefficient (Wildman–Crippen LogP) is 2.38. The normalized spacial score (nSPS) is 10.1. The van der Waals surface area contributed by atoms with Gasteiger partial charge < -0.3 is 11.1 Å². The highest BCUT2D eigenvalue weighted by atomic mass is 79.9. The Morgan fingerprint density at radius 3 is 2.83 bits per heavy atom. The number of aryl methyl sites for hydroxylation is 1. The minimum absolute atomic E-state index is 0.302. The van der Waals surface area contributed by atoms with E-state index in [1.807, 2.05) is 13.0 Å². The van der Waals surface area contributed by atoms with Gasteiger partial charge in [-0.25, -0.2) is 4.98 Å². The molecule has 2 aromatic rings. The number of rotatable bonds is 2. The number of hydrogen-bond donors (Lipinski definition) is 2. The van der Waals surface area contributed by atoms with Crippen molar-refractivity contribution in [3.05, 3.63) is 46.3 Å². The molecule has 0 fully saturated rings. The molecule has 0 saturated heterocycles. The van der Waals surface area contributed by atoms with Crippen LogP contribution in [0.3, 0.4) is 0 Å². The Morgan fingerprint density at radius 2 is 2.17 bits per heavy atom. The Morgan fingerprint density at radius 1 is 1.39 bits per heavy atom. The molecule has 0 bridgehead atoms. The van der Waals surface area contributed by atoms with Crippen molar-refractivity contribution in [2.24, 2.45) is 0 Å². The van der Waals surface area contributed by atoms with Crippen LogP contribution in [0.5, 0.6) is 0 Å². The first kappa shape index (κ1) is 12.5. The lowest BCUT2D eigenvalue weighted by atomic mass is 10.2. The van der Waals surface area contributed by atoms with Crippen molar-refractivity contribution in [3.63, 3.8) is 0 Å². The molecular weight excluding hydrogens is 296 g/mol. The highest BCUT2D eigenvalue weighted by Crippen LogP contribution is 2.17. The third-order valence-electron chi connectivity index (χ3n) is 2.36. The monoisotopic (exact) mass is 306 g/mol. The van der Waals surface area contributed by atoms with Crippen molar-refractivity contribution >= 4 is 33.3 Å². The van der Waals surface area contributed by atoms with E-state index in [2.05, 4.69) is 31.2 Å². The molecule has 18 heavy (non-hydrogen) atoms. The molecule has 0 saturated carbocycles. The largest absolute Gasteiger partial charge is 0.397 e. The number of carbonyl (C=O) groups excluding carboxylic acids is 1. The number of hydrogen-bond acceptors (Lipinski definition) is 4. The number of pyridine rings is 2. The van der Waals surface area contributed by atoms with Crippen LogP contribution in [0.15, 0.2) is 35.1 Å². The fourth-order valence-corrected chi connectivity index (χ4v) is 1.63. The van der Waals surface area contributed by atoms with Gasteiger partial charge in [0.05, 0.1) is 23.1 Å². The first-order valence-electron chi connectivity index (χ1n) is 5.22. The third kappa shape index (κ3) is 2.65. The second-order valence-corrected chi connectivity index (χ2v) is 4.54. The van der Waals surface area contributed by atoms with Gasteiger partial charge in [-0.3, -0.25) is 9.78 Å². The molecule has 6 heteroatoms. The number of carbonyl (C=O) groups is 1. The Kier molecular flexibility index (Phi) is 3.57. The molecule has 0 aromatic carbocycles. The fourth-order valence-electron chi connectivity index (χ4n) is 1.41. The summed E-state index contributed by atoms with van der Waals surface area (Å²) in [5, 5.41) is 2.69. The zero-order valence-electron chi connectivity index (χ0n) is 9.64. The molecule has 5 nitrogen and oxygen atoms in total. The van der Waals surface area contributed by atoms with Gasteiger partial charge in [-0.05, 0) is 41.1 Å². The lowest BCUT2D eigenvalue weighted by molar-refractivity contribution is 0.102. The van der Waals surface area contributed by atoms with E-state index < -0.39 is 0 Å². The van der Waals surface area contributed by atoms with Gasteiger partial charge in [0.25, 0.3) is 5.91 Å². The molecule has 0 radical (unpaired) electrons. The zero-order chi connectivity index (χ0) is 13.1. The average molecular weight is 307 g/mol. The lowest BCUT2D eigenvalue weighted by Crippen LogP contribution is -2.15. The number of halogens is 1. The van der Waals surface area contributed by atoms with E-state index in [0.717, 1.165) is 10.2 Å². The summed E-state index contributed by atoms with van der Waals surface area (Å²) in [6.45, 7) is 1.85. The fraction of sp³-hybridized carbons (Fsp3) is 0.0833. The summed E-state index contributed by atoms with van der Waals surface area (Å²) in [4.78, 5) is 20.0. The molecule has 0 aliphatic rings. The second-order valence-electron chi connectivity index (χ2n) is 3.68. The molecule has 2 heterocycles. The van der Waals surface area contributed by atoms with E-state index in [-0.39, 0.29) is 5.91 Å². The van der Waals surface area contributed by atoms with E-state index in [0.29, 0.717) is 17.1 Å². The standard InChI is InChI=1S/C12H11BrN4O/c1-7-9(13)2-3-11(16-7)17-12(18)8-4-5-15-6-10(8)14/h2-6H,14H2,1H3,(H,16,17,18). The van der Waals surface area contributed by atoms with Gasteiger partial charge in [0.15, 0.2) is 0 Å². The molecule has 0 atom stereocenters. The molecule has 2 rings (SSSR count). The first-order valence-corrected chi connectivity index (χ1v) is 6.01. The molecule has 92 valence electrons. The van der Waals surface area contributed by atoms with Gasteiger partial charge >= 0.3 is 0 Å². The van der Waals surface area contributed by atoms with Crippen molar-refractivity contribution in [2.75, 3.05) is 11.1 Å². The van der Waals surface area contributed by atoms with Crippen LogP contribution in [0, 0.1) is 6.92 Å². The minimum Gasteiger partial charge on any atom is -0.397 e. The SMILES string of the molecule is Cc1nc(NC(=O)c2ccncc2N)ccc1Br. The van der Waals surface area contributed by atoms with Gasteiger partial charge in [-0.15, -0.1) is 0 Å². The van der Waals surface area contributed by atoms with Gasteiger partial charge in [0, 0.05) is 10.7 Å². The predicted molar refractivity (Wildman–Crippen MR) is 73.3 cm³/mol. The Balaban J connectivity index is 2.22. The Hall–Kier alpha value is -1.95. The number of nitrogens with one attached hydrogen (secondary N) is 1. The molecule has 2 aromatic heterocycles. The van der Waals surface area contributed by atoms with Crippen molar-refractivity contribution in [3.8, 4) is 0 Å². The van der Waals surface area contributed by atoms with E-state index >= 15 is 0 Å². The van der Waals surface area contributed by atoms with Gasteiger partial charge in [0.1, 0.15) is 5.82 Å². The average Bonchev–Trinajstić information content (AvgIpc) is 2.34. The summed E-state index contributed by atoms with van der Waals surface area (Å²) in [6.07, 6.45) is 2.96. The van der Waals surface area contributed by atoms with Gasteiger partial charge in [0.2, 0.25) is 0 Å². The molecule has 0 spiro atoms. The summed E-state index contributed by atoms with van der Waals surface area (Å²) >= 11 is 3.35. The summed E-state index contributed by atoms with van der Waals surface area (Å²) < 4.78 is 0.893. The first-order chi connectivity index (χ1) is 8.58. The molecule has 0 aliphatic carbocycles. The van der Waals surface area contributed by atoms with E-state index in [1.165, 1.54) is 12.4 Å². The van der Waals surface area contributed by atoms with Gasteiger partial charge in [-0.1, -0.05) is 0 Å². The van der Waals surface area contributed by atoms with Crippen LogP contribution < -0.4 is 11.1 Å². The maximum atomic E-state index is 12.0. The summed E-state index contributed by atoms with van der Waals surface area (Å²) in [5.74, 6) is 0.182. The minimum atomic E-state index is -0.302. The van der Waals surface area contributed by atoms with Crippen molar-refractivity contribution < 1.29 is 4.79 Å². The van der Waals surface area contributed by atoms with Crippen LogP contribution in [0.2, 0.25) is 0 Å². The number of nitrogens with zero attached hydrogens (tertiary/aromatic N) is 2. The smallest absolute Gasteiger partial charge is 0.259 e. The Labute approximate surface area is 113 Å². The van der Waals surface area contributed by atoms with Crippen LogP contribution in [0.25, 0.3) is 0 Å². The zero-order valence-corrected chi connectivity index (χ0v) is 11.2. The summed E-state index contributed by atoms with van der Waals surface area (Å²) in [6, 6.07) is 5.11. The van der Waals surface area contributed by atoms with E-state index in [4.69, 9.17) is 5.73 Å². The van der Waals surface area contributed by atoms with Gasteiger partial charge in [-0.2, -0.15) is 0 Å². The molecular formula is C12H11BrN4O. The number of nitrogen functional groups attached to an aromatic ring is 1. The molecule has 1 amide bonds. The molecule has 0 aliphatic heterocycles. The molecule has 3 N–H and O–H groups in total. The number of aromatic nitrogens is 2. The van der Waals surface area contributed by atoms with Crippen LogP contribution in [0.1, 0.15) is 16.1 Å². The van der Waals surface area contributed by atoms with E-state index in [9.17, 15) is 4.79 Å². The topological polar surface area (TPSA) is 80.9 Å². The van der Waals surface area contributed by atoms with Crippen LogP contribution >= 0.6 is 15.9 Å². The number of amides is 1. The van der Waals surface area contributed by atoms with Crippen LogP contribution in [-0.4, -0.2) is 15.9 Å². The third-order valence-corrected chi connectivity index (χ3v) is 3.20. The number of anilines is 2. The van der Waals surface area contributed by atoms with Crippen molar-refractivity contribution in [1.29, 1.82) is 0 Å². The lowest BCUT2D eigenvalue weighted by Gasteiger charge is -2.07.